The van der Waals surface area contributed by atoms with E-state index in [1.165, 1.54) is 0 Å². The standard InChI is InChI=1S/C21H39NO4/c1-16(2)21(24)18-9-11-19(12-10-18)22-20(23)8-7-14-25-13-5-6-15-26-17(3)4/h16-19H,5-15H2,1-4H3,(H,22,23). The van der Waals surface area contributed by atoms with Gasteiger partial charge in [0, 0.05) is 44.1 Å². The zero-order valence-corrected chi connectivity index (χ0v) is 17.2. The monoisotopic (exact) mass is 369 g/mol. The molecule has 152 valence electrons. The summed E-state index contributed by atoms with van der Waals surface area (Å²) in [7, 11) is 0. The molecule has 5 nitrogen and oxygen atoms in total. The highest BCUT2D eigenvalue weighted by atomic mass is 16.5. The van der Waals surface area contributed by atoms with Crippen molar-refractivity contribution in [2.24, 2.45) is 11.8 Å². The molecular weight excluding hydrogens is 330 g/mol. The lowest BCUT2D eigenvalue weighted by molar-refractivity contribution is -0.127. The van der Waals surface area contributed by atoms with Crippen molar-refractivity contribution in [3.8, 4) is 0 Å². The molecule has 1 aliphatic rings. The van der Waals surface area contributed by atoms with E-state index in [2.05, 4.69) is 5.32 Å². The number of carbonyl (C=O) groups is 2. The van der Waals surface area contributed by atoms with Crippen LogP contribution in [0.2, 0.25) is 0 Å². The van der Waals surface area contributed by atoms with E-state index in [0.717, 1.165) is 58.2 Å². The lowest BCUT2D eigenvalue weighted by atomic mass is 9.80. The summed E-state index contributed by atoms with van der Waals surface area (Å²) in [4.78, 5) is 24.1. The average Bonchev–Trinajstić information content (AvgIpc) is 2.60. The Bertz CT molecular complexity index is 401. The van der Waals surface area contributed by atoms with Crippen LogP contribution in [0.25, 0.3) is 0 Å². The van der Waals surface area contributed by atoms with Gasteiger partial charge in [-0.3, -0.25) is 9.59 Å². The lowest BCUT2D eigenvalue weighted by Crippen LogP contribution is -2.39. The average molecular weight is 370 g/mol. The summed E-state index contributed by atoms with van der Waals surface area (Å²) in [6.45, 7) is 10.2. The van der Waals surface area contributed by atoms with Gasteiger partial charge in [-0.2, -0.15) is 0 Å². The van der Waals surface area contributed by atoms with E-state index in [-0.39, 0.29) is 23.8 Å². The zero-order chi connectivity index (χ0) is 19.4. The number of amides is 1. The normalized spacial score (nSPS) is 20.5. The minimum Gasteiger partial charge on any atom is -0.381 e. The third-order valence-electron chi connectivity index (χ3n) is 4.89. The maximum atomic E-state index is 12.0. The predicted molar refractivity (Wildman–Crippen MR) is 104 cm³/mol. The van der Waals surface area contributed by atoms with Gasteiger partial charge in [0.15, 0.2) is 0 Å². The van der Waals surface area contributed by atoms with Crippen molar-refractivity contribution in [1.82, 2.24) is 5.32 Å². The first-order chi connectivity index (χ1) is 12.4. The molecule has 1 N–H and O–H groups in total. The minimum atomic E-state index is 0.109. The second kappa shape index (κ2) is 13.3. The van der Waals surface area contributed by atoms with Gasteiger partial charge >= 0.3 is 0 Å². The van der Waals surface area contributed by atoms with Gasteiger partial charge in [0.2, 0.25) is 5.91 Å². The van der Waals surface area contributed by atoms with Crippen LogP contribution in [0, 0.1) is 11.8 Å². The number of Topliss-reactive ketones (excluding diaryl/α,β-unsaturated/α-hetero) is 1. The quantitative estimate of drug-likeness (QED) is 0.500. The van der Waals surface area contributed by atoms with Gasteiger partial charge < -0.3 is 14.8 Å². The van der Waals surface area contributed by atoms with E-state index in [1.807, 2.05) is 27.7 Å². The number of rotatable bonds is 13. The van der Waals surface area contributed by atoms with Crippen LogP contribution in [-0.4, -0.2) is 43.7 Å². The Morgan fingerprint density at radius 1 is 0.923 bits per heavy atom. The molecule has 1 amide bonds. The van der Waals surface area contributed by atoms with Crippen molar-refractivity contribution >= 4 is 11.7 Å². The number of hydrogen-bond acceptors (Lipinski definition) is 4. The van der Waals surface area contributed by atoms with Gasteiger partial charge in [0.05, 0.1) is 6.10 Å². The second-order valence-corrected chi connectivity index (χ2v) is 8.02. The summed E-state index contributed by atoms with van der Waals surface area (Å²) in [6, 6.07) is 0.237. The molecule has 0 bridgehead atoms. The lowest BCUT2D eigenvalue weighted by Gasteiger charge is -2.29. The Hall–Kier alpha value is -0.940. The van der Waals surface area contributed by atoms with Crippen molar-refractivity contribution in [3.05, 3.63) is 0 Å². The predicted octanol–water partition coefficient (Wildman–Crippen LogP) is 3.89. The van der Waals surface area contributed by atoms with Crippen LogP contribution in [-0.2, 0) is 19.1 Å². The van der Waals surface area contributed by atoms with Crippen LogP contribution in [0.3, 0.4) is 0 Å². The van der Waals surface area contributed by atoms with Crippen molar-refractivity contribution in [2.75, 3.05) is 19.8 Å². The highest BCUT2D eigenvalue weighted by molar-refractivity contribution is 5.83. The fraction of sp³-hybridized carbons (Fsp3) is 0.905. The van der Waals surface area contributed by atoms with E-state index in [4.69, 9.17) is 9.47 Å². The Morgan fingerprint density at radius 3 is 2.15 bits per heavy atom. The summed E-state index contributed by atoms with van der Waals surface area (Å²) in [5.74, 6) is 0.802. The van der Waals surface area contributed by atoms with Crippen molar-refractivity contribution in [2.45, 2.75) is 91.2 Å². The number of unbranched alkanes of at least 4 members (excludes halogenated alkanes) is 1. The molecule has 1 fully saturated rings. The molecule has 0 radical (unpaired) electrons. The first-order valence-corrected chi connectivity index (χ1v) is 10.4. The number of carbonyl (C=O) groups excluding carboxylic acids is 2. The van der Waals surface area contributed by atoms with Crippen LogP contribution in [0.4, 0.5) is 0 Å². The van der Waals surface area contributed by atoms with Crippen molar-refractivity contribution in [3.63, 3.8) is 0 Å². The molecule has 0 saturated heterocycles. The maximum absolute atomic E-state index is 12.0. The molecule has 0 spiro atoms. The zero-order valence-electron chi connectivity index (χ0n) is 17.2. The topological polar surface area (TPSA) is 64.6 Å². The fourth-order valence-corrected chi connectivity index (χ4v) is 3.36. The van der Waals surface area contributed by atoms with Gasteiger partial charge in [-0.15, -0.1) is 0 Å². The van der Waals surface area contributed by atoms with Crippen LogP contribution in [0.1, 0.15) is 79.1 Å². The van der Waals surface area contributed by atoms with Crippen molar-refractivity contribution in [1.29, 1.82) is 0 Å². The van der Waals surface area contributed by atoms with Gasteiger partial charge in [-0.05, 0) is 58.8 Å². The summed E-state index contributed by atoms with van der Waals surface area (Å²) in [6.07, 6.45) is 7.24. The molecule has 5 heteroatoms. The maximum Gasteiger partial charge on any atom is 0.220 e. The first kappa shape index (κ1) is 23.1. The minimum absolute atomic E-state index is 0.109. The van der Waals surface area contributed by atoms with Crippen LogP contribution in [0.15, 0.2) is 0 Å². The molecule has 26 heavy (non-hydrogen) atoms. The smallest absolute Gasteiger partial charge is 0.220 e. The van der Waals surface area contributed by atoms with E-state index < -0.39 is 0 Å². The Kier molecular flexibility index (Phi) is 11.8. The molecular formula is C21H39NO4. The Labute approximate surface area is 159 Å². The third-order valence-corrected chi connectivity index (χ3v) is 4.89. The highest BCUT2D eigenvalue weighted by Gasteiger charge is 2.27. The highest BCUT2D eigenvalue weighted by Crippen LogP contribution is 2.27. The van der Waals surface area contributed by atoms with Crippen LogP contribution in [0.5, 0.6) is 0 Å². The second-order valence-electron chi connectivity index (χ2n) is 8.02. The molecule has 0 unspecified atom stereocenters. The first-order valence-electron chi connectivity index (χ1n) is 10.4. The van der Waals surface area contributed by atoms with E-state index >= 15 is 0 Å². The molecule has 0 heterocycles. The summed E-state index contributed by atoms with van der Waals surface area (Å²) in [5.41, 5.74) is 0. The van der Waals surface area contributed by atoms with E-state index in [1.54, 1.807) is 0 Å². The van der Waals surface area contributed by atoms with Crippen LogP contribution < -0.4 is 5.32 Å². The summed E-state index contributed by atoms with van der Waals surface area (Å²) < 4.78 is 11.0. The number of nitrogens with one attached hydrogen (secondary N) is 1. The number of ether oxygens (including phenoxy) is 2. The van der Waals surface area contributed by atoms with Crippen molar-refractivity contribution < 1.29 is 19.1 Å². The fourth-order valence-electron chi connectivity index (χ4n) is 3.36. The molecule has 0 aliphatic heterocycles. The largest absolute Gasteiger partial charge is 0.381 e. The summed E-state index contributed by atoms with van der Waals surface area (Å²) >= 11 is 0. The van der Waals surface area contributed by atoms with E-state index in [0.29, 0.717) is 24.9 Å². The molecule has 1 aliphatic carbocycles. The molecule has 0 atom stereocenters. The van der Waals surface area contributed by atoms with Crippen LogP contribution >= 0.6 is 0 Å². The number of hydrogen-bond donors (Lipinski definition) is 1. The molecule has 1 rings (SSSR count). The van der Waals surface area contributed by atoms with Gasteiger partial charge in [0.25, 0.3) is 0 Å². The Morgan fingerprint density at radius 2 is 1.54 bits per heavy atom. The Balaban J connectivity index is 1.98. The third kappa shape index (κ3) is 10.3. The summed E-state index contributed by atoms with van der Waals surface area (Å²) in [5, 5.41) is 3.11. The molecule has 0 aromatic heterocycles. The molecule has 0 aromatic carbocycles. The molecule has 0 aromatic rings. The SMILES string of the molecule is CC(C)OCCCCOCCCC(=O)NC1CCC(C(=O)C(C)C)CC1. The van der Waals surface area contributed by atoms with E-state index in [9.17, 15) is 9.59 Å². The number of ketones is 1. The van der Waals surface area contributed by atoms with Gasteiger partial charge in [-0.25, -0.2) is 0 Å². The van der Waals surface area contributed by atoms with Gasteiger partial charge in [-0.1, -0.05) is 13.8 Å². The van der Waals surface area contributed by atoms with Gasteiger partial charge in [0.1, 0.15) is 5.78 Å². The molecule has 1 saturated carbocycles.